The second-order valence-electron chi connectivity index (χ2n) is 4.98. The Bertz CT molecular complexity index is 905. The van der Waals surface area contributed by atoms with Crippen LogP contribution in [0.1, 0.15) is 28.6 Å². The monoisotopic (exact) mass is 644 g/mol. The van der Waals surface area contributed by atoms with E-state index in [-0.39, 0.29) is 11.5 Å². The van der Waals surface area contributed by atoms with Crippen molar-refractivity contribution in [2.75, 3.05) is 0 Å². The van der Waals surface area contributed by atoms with E-state index in [4.69, 9.17) is 4.42 Å². The normalized spacial score (nSPS) is 11.1. The number of fused-ring (bicyclic) bond motifs is 1. The van der Waals surface area contributed by atoms with Crippen LogP contribution in [0, 0.1) is 10.7 Å². The maximum atomic E-state index is 13.1. The van der Waals surface area contributed by atoms with Gasteiger partial charge < -0.3 is 9.52 Å². The maximum absolute atomic E-state index is 13.1. The van der Waals surface area contributed by atoms with Gasteiger partial charge in [0.25, 0.3) is 0 Å². The summed E-state index contributed by atoms with van der Waals surface area (Å²) in [6.45, 7) is 1.98. The fourth-order valence-electron chi connectivity index (χ4n) is 2.49. The van der Waals surface area contributed by atoms with Crippen molar-refractivity contribution in [3.05, 3.63) is 57.9 Å². The first-order valence-electron chi connectivity index (χ1n) is 6.86. The molecule has 0 amide bonds. The number of phenolic OH excluding ortho intramolecular Hbond substituents is 1. The lowest BCUT2D eigenvalue weighted by molar-refractivity contribution is 0.103. The molecule has 118 valence electrons. The van der Waals surface area contributed by atoms with Gasteiger partial charge in [-0.3, -0.25) is 4.79 Å². The number of hydrogen-bond donors (Lipinski definition) is 1. The van der Waals surface area contributed by atoms with Gasteiger partial charge in [0.15, 0.2) is 5.78 Å². The molecule has 0 aliphatic rings. The number of rotatable bonds is 3. The van der Waals surface area contributed by atoms with Crippen LogP contribution in [0.15, 0.2) is 34.7 Å². The molecule has 0 aliphatic heterocycles. The van der Waals surface area contributed by atoms with Gasteiger partial charge in [-0.2, -0.15) is 0 Å². The molecule has 0 aliphatic carbocycles. The molecule has 3 nitrogen and oxygen atoms in total. The zero-order chi connectivity index (χ0) is 16.7. The zero-order valence-corrected chi connectivity index (χ0v) is 18.5. The second-order valence-corrected chi connectivity index (χ2v) is 8.47. The van der Waals surface area contributed by atoms with Crippen LogP contribution in [0.25, 0.3) is 11.0 Å². The quantitative estimate of drug-likeness (QED) is 0.293. The molecule has 0 radical (unpaired) electrons. The molecule has 0 saturated carbocycles. The van der Waals surface area contributed by atoms with Gasteiger partial charge in [-0.15, -0.1) is 0 Å². The van der Waals surface area contributed by atoms with E-state index in [1.165, 1.54) is 0 Å². The summed E-state index contributed by atoms with van der Waals surface area (Å²) in [4.78, 5) is 13.1. The fraction of sp³-hybridized carbons (Fsp3) is 0.118. The van der Waals surface area contributed by atoms with Crippen molar-refractivity contribution in [1.29, 1.82) is 0 Å². The third-order valence-corrected chi connectivity index (χ3v) is 6.11. The number of benzene rings is 2. The number of ketones is 1. The van der Waals surface area contributed by atoms with Crippen molar-refractivity contribution in [3.8, 4) is 5.75 Å². The predicted octanol–water partition coefficient (Wildman–Crippen LogP) is 5.75. The van der Waals surface area contributed by atoms with Gasteiger partial charge in [-0.05, 0) is 92.0 Å². The van der Waals surface area contributed by atoms with Crippen LogP contribution in [-0.4, -0.2) is 10.9 Å². The molecule has 23 heavy (non-hydrogen) atoms. The van der Waals surface area contributed by atoms with Gasteiger partial charge in [0.1, 0.15) is 17.1 Å². The molecule has 1 heterocycles. The van der Waals surface area contributed by atoms with E-state index in [1.807, 2.05) is 70.3 Å². The largest absolute Gasteiger partial charge is 0.506 e. The first kappa shape index (κ1) is 17.5. The molecule has 1 aromatic heterocycles. The number of aromatic hydroxyl groups is 1. The highest BCUT2D eigenvalue weighted by Crippen LogP contribution is 2.34. The SMILES string of the molecule is CCc1oc2cccc(I)c2c1C(=O)c1cc(I)c(O)c(I)c1. The Morgan fingerprint density at radius 2 is 1.78 bits per heavy atom. The summed E-state index contributed by atoms with van der Waals surface area (Å²) in [6.07, 6.45) is 0.651. The van der Waals surface area contributed by atoms with E-state index >= 15 is 0 Å². The van der Waals surface area contributed by atoms with Crippen molar-refractivity contribution in [3.63, 3.8) is 0 Å². The number of carbonyl (C=O) groups excluding carboxylic acids is 1. The molecular weight excluding hydrogens is 633 g/mol. The van der Waals surface area contributed by atoms with Crippen molar-refractivity contribution in [2.24, 2.45) is 0 Å². The van der Waals surface area contributed by atoms with Crippen molar-refractivity contribution >= 4 is 84.5 Å². The van der Waals surface area contributed by atoms with E-state index in [0.29, 0.717) is 30.4 Å². The lowest BCUT2D eigenvalue weighted by atomic mass is 9.99. The molecule has 3 rings (SSSR count). The molecule has 1 N–H and O–H groups in total. The highest BCUT2D eigenvalue weighted by atomic mass is 127. The number of halogens is 3. The molecule has 0 fully saturated rings. The molecule has 0 bridgehead atoms. The molecule has 2 aromatic carbocycles. The molecular formula is C17H11I3O3. The van der Waals surface area contributed by atoms with Gasteiger partial charge in [-0.1, -0.05) is 13.0 Å². The summed E-state index contributed by atoms with van der Waals surface area (Å²) in [7, 11) is 0. The number of phenols is 1. The number of carbonyl (C=O) groups is 1. The van der Waals surface area contributed by atoms with Crippen LogP contribution in [0.2, 0.25) is 0 Å². The average Bonchev–Trinajstić information content (AvgIpc) is 2.91. The molecule has 0 atom stereocenters. The van der Waals surface area contributed by atoms with Gasteiger partial charge in [0.05, 0.1) is 12.7 Å². The highest BCUT2D eigenvalue weighted by Gasteiger charge is 2.23. The van der Waals surface area contributed by atoms with E-state index < -0.39 is 0 Å². The minimum atomic E-state index is -0.0689. The summed E-state index contributed by atoms with van der Waals surface area (Å²) in [5.74, 6) is 0.845. The topological polar surface area (TPSA) is 50.4 Å². The second kappa shape index (κ2) is 6.87. The lowest BCUT2D eigenvalue weighted by Crippen LogP contribution is -2.05. The maximum Gasteiger partial charge on any atom is 0.197 e. The summed E-state index contributed by atoms with van der Waals surface area (Å²) in [5, 5.41) is 10.8. The van der Waals surface area contributed by atoms with Crippen LogP contribution in [0.4, 0.5) is 0 Å². The summed E-state index contributed by atoms with van der Waals surface area (Å²) < 4.78 is 8.20. The fourth-order valence-corrected chi connectivity index (χ4v) is 5.00. The predicted molar refractivity (Wildman–Crippen MR) is 115 cm³/mol. The molecule has 0 saturated heterocycles. The Hall–Kier alpha value is -0.360. The van der Waals surface area contributed by atoms with E-state index in [0.717, 1.165) is 14.5 Å². The molecule has 0 unspecified atom stereocenters. The Morgan fingerprint density at radius 3 is 2.39 bits per heavy atom. The van der Waals surface area contributed by atoms with Crippen LogP contribution < -0.4 is 0 Å². The third kappa shape index (κ3) is 3.13. The van der Waals surface area contributed by atoms with Crippen LogP contribution in [0.5, 0.6) is 5.75 Å². The minimum absolute atomic E-state index is 0.0689. The summed E-state index contributed by atoms with van der Waals surface area (Å²) in [5.41, 5.74) is 1.93. The van der Waals surface area contributed by atoms with Crippen LogP contribution in [0.3, 0.4) is 0 Å². The molecule has 3 aromatic rings. The van der Waals surface area contributed by atoms with Crippen molar-refractivity contribution < 1.29 is 14.3 Å². The Kier molecular flexibility index (Phi) is 5.21. The molecule has 6 heteroatoms. The standard InChI is InChI=1S/C17H11I3O3/c1-2-12-15(14-9(18)4-3-5-13(14)23-12)16(21)8-6-10(19)17(22)11(20)7-8/h3-7,22H,2H2,1H3. The minimum Gasteiger partial charge on any atom is -0.506 e. The number of aryl methyl sites for hydroxylation is 1. The van der Waals surface area contributed by atoms with Crippen molar-refractivity contribution in [2.45, 2.75) is 13.3 Å². The first-order chi connectivity index (χ1) is 10.9. The van der Waals surface area contributed by atoms with Crippen molar-refractivity contribution in [1.82, 2.24) is 0 Å². The highest BCUT2D eigenvalue weighted by molar-refractivity contribution is 14.1. The van der Waals surface area contributed by atoms with Gasteiger partial charge in [0, 0.05) is 20.9 Å². The Morgan fingerprint density at radius 1 is 1.13 bits per heavy atom. The number of furan rings is 1. The van der Waals surface area contributed by atoms with Crippen LogP contribution in [-0.2, 0) is 6.42 Å². The van der Waals surface area contributed by atoms with E-state index in [9.17, 15) is 9.90 Å². The Labute approximate surface area is 174 Å². The Balaban J connectivity index is 2.26. The van der Waals surface area contributed by atoms with Gasteiger partial charge in [-0.25, -0.2) is 0 Å². The summed E-state index contributed by atoms with van der Waals surface area (Å²) in [6, 6.07) is 9.22. The van der Waals surface area contributed by atoms with E-state index in [2.05, 4.69) is 22.6 Å². The zero-order valence-electron chi connectivity index (χ0n) is 12.0. The molecule has 0 spiro atoms. The average molecular weight is 644 g/mol. The smallest absolute Gasteiger partial charge is 0.197 e. The number of hydrogen-bond acceptors (Lipinski definition) is 3. The lowest BCUT2D eigenvalue weighted by Gasteiger charge is -2.06. The third-order valence-electron chi connectivity index (χ3n) is 3.56. The van der Waals surface area contributed by atoms with Crippen LogP contribution >= 0.6 is 67.8 Å². The summed E-state index contributed by atoms with van der Waals surface area (Å²) >= 11 is 6.30. The first-order valence-corrected chi connectivity index (χ1v) is 10.1. The van der Waals surface area contributed by atoms with E-state index in [1.54, 1.807) is 12.1 Å². The van der Waals surface area contributed by atoms with Gasteiger partial charge in [0.2, 0.25) is 0 Å². The van der Waals surface area contributed by atoms with Gasteiger partial charge >= 0.3 is 0 Å².